The molecule has 0 bridgehead atoms. The number of hydrogen-bond donors (Lipinski definition) is 1. The van der Waals surface area contributed by atoms with Gasteiger partial charge in [0.1, 0.15) is 5.82 Å². The monoisotopic (exact) mass is 300 g/mol. The number of benzene rings is 1. The number of halogens is 2. The van der Waals surface area contributed by atoms with Crippen LogP contribution in [-0.2, 0) is 0 Å². The maximum Gasteiger partial charge on any atom is 0.256 e. The van der Waals surface area contributed by atoms with Crippen molar-refractivity contribution in [2.75, 3.05) is 13.1 Å². The molecule has 1 aliphatic heterocycles. The Morgan fingerprint density at radius 1 is 1.53 bits per heavy atom. The summed E-state index contributed by atoms with van der Waals surface area (Å²) in [5.41, 5.74) is 5.92. The first kappa shape index (κ1) is 12.5. The van der Waals surface area contributed by atoms with Gasteiger partial charge in [0.2, 0.25) is 0 Å². The van der Waals surface area contributed by atoms with E-state index in [2.05, 4.69) is 15.9 Å². The van der Waals surface area contributed by atoms with Crippen LogP contribution in [0.4, 0.5) is 4.39 Å². The molecule has 1 saturated heterocycles. The SMILES string of the molecule is N[C@@H]1CCCN(C(=O)c2cccc(Br)c2F)C1. The second-order valence-corrected chi connectivity index (χ2v) is 5.11. The molecule has 0 unspecified atom stereocenters. The van der Waals surface area contributed by atoms with Gasteiger partial charge in [0, 0.05) is 19.1 Å². The second kappa shape index (κ2) is 5.14. The first-order valence-corrected chi connectivity index (χ1v) is 6.37. The van der Waals surface area contributed by atoms with Crippen LogP contribution < -0.4 is 5.73 Å². The van der Waals surface area contributed by atoms with E-state index in [4.69, 9.17) is 5.73 Å². The number of piperidine rings is 1. The van der Waals surface area contributed by atoms with Crippen LogP contribution in [0, 0.1) is 5.82 Å². The van der Waals surface area contributed by atoms with Crippen LogP contribution in [-0.4, -0.2) is 29.9 Å². The van der Waals surface area contributed by atoms with E-state index in [0.717, 1.165) is 12.8 Å². The predicted octanol–water partition coefficient (Wildman–Crippen LogP) is 2.15. The topological polar surface area (TPSA) is 46.3 Å². The third kappa shape index (κ3) is 2.66. The quantitative estimate of drug-likeness (QED) is 0.864. The lowest BCUT2D eigenvalue weighted by Crippen LogP contribution is -2.45. The normalized spacial score (nSPS) is 20.4. The summed E-state index contributed by atoms with van der Waals surface area (Å²) in [6.07, 6.45) is 1.80. The molecule has 1 aromatic carbocycles. The van der Waals surface area contributed by atoms with Gasteiger partial charge in [-0.05, 0) is 40.9 Å². The van der Waals surface area contributed by atoms with Crippen molar-refractivity contribution >= 4 is 21.8 Å². The van der Waals surface area contributed by atoms with Gasteiger partial charge in [-0.25, -0.2) is 4.39 Å². The zero-order valence-corrected chi connectivity index (χ0v) is 10.9. The Bertz CT molecular complexity index is 439. The molecular weight excluding hydrogens is 287 g/mol. The van der Waals surface area contributed by atoms with Crippen molar-refractivity contribution in [2.24, 2.45) is 5.73 Å². The standard InChI is InChI=1S/C12H14BrFN2O/c13-10-5-1-4-9(11(10)14)12(17)16-6-2-3-8(15)7-16/h1,4-5,8H,2-3,6-7,15H2/t8-/m1/s1. The molecule has 0 saturated carbocycles. The van der Waals surface area contributed by atoms with Crippen molar-refractivity contribution in [1.29, 1.82) is 0 Å². The number of likely N-dealkylation sites (tertiary alicyclic amines) is 1. The molecule has 1 aromatic rings. The van der Waals surface area contributed by atoms with Gasteiger partial charge in [-0.1, -0.05) is 6.07 Å². The molecule has 2 N–H and O–H groups in total. The van der Waals surface area contributed by atoms with Crippen molar-refractivity contribution in [3.63, 3.8) is 0 Å². The molecular formula is C12H14BrFN2O. The van der Waals surface area contributed by atoms with Crippen LogP contribution in [0.15, 0.2) is 22.7 Å². The second-order valence-electron chi connectivity index (χ2n) is 4.25. The zero-order valence-electron chi connectivity index (χ0n) is 9.33. The number of carbonyl (C=O) groups is 1. The van der Waals surface area contributed by atoms with Crippen LogP contribution in [0.25, 0.3) is 0 Å². The average molecular weight is 301 g/mol. The first-order valence-electron chi connectivity index (χ1n) is 5.58. The molecule has 1 aliphatic rings. The Labute approximate surface area is 108 Å². The fraction of sp³-hybridized carbons (Fsp3) is 0.417. The van der Waals surface area contributed by atoms with Gasteiger partial charge < -0.3 is 10.6 Å². The number of rotatable bonds is 1. The fourth-order valence-corrected chi connectivity index (χ4v) is 2.40. The van der Waals surface area contributed by atoms with Gasteiger partial charge in [-0.15, -0.1) is 0 Å². The van der Waals surface area contributed by atoms with Crippen molar-refractivity contribution < 1.29 is 9.18 Å². The summed E-state index contributed by atoms with van der Waals surface area (Å²) < 4.78 is 14.1. The smallest absolute Gasteiger partial charge is 0.256 e. The molecule has 1 amide bonds. The summed E-state index contributed by atoms with van der Waals surface area (Å²) in [6.45, 7) is 1.16. The highest BCUT2D eigenvalue weighted by atomic mass is 79.9. The Balaban J connectivity index is 2.22. The van der Waals surface area contributed by atoms with Gasteiger partial charge in [0.15, 0.2) is 0 Å². The minimum Gasteiger partial charge on any atom is -0.337 e. The summed E-state index contributed by atoms with van der Waals surface area (Å²) in [5.74, 6) is -0.782. The van der Waals surface area contributed by atoms with Gasteiger partial charge >= 0.3 is 0 Å². The van der Waals surface area contributed by atoms with Crippen LogP contribution >= 0.6 is 15.9 Å². The van der Waals surface area contributed by atoms with Crippen LogP contribution in [0.5, 0.6) is 0 Å². The Hall–Kier alpha value is -0.940. The first-order chi connectivity index (χ1) is 8.09. The van der Waals surface area contributed by atoms with E-state index in [0.29, 0.717) is 17.6 Å². The Morgan fingerprint density at radius 3 is 3.00 bits per heavy atom. The number of amides is 1. The highest BCUT2D eigenvalue weighted by molar-refractivity contribution is 9.10. The van der Waals surface area contributed by atoms with Gasteiger partial charge in [0.05, 0.1) is 10.0 Å². The molecule has 0 radical (unpaired) electrons. The molecule has 0 spiro atoms. The van der Waals surface area contributed by atoms with Crippen molar-refractivity contribution in [3.05, 3.63) is 34.1 Å². The predicted molar refractivity (Wildman–Crippen MR) is 67.2 cm³/mol. The minimum absolute atomic E-state index is 0.00270. The molecule has 2 rings (SSSR count). The highest BCUT2D eigenvalue weighted by Crippen LogP contribution is 2.21. The van der Waals surface area contributed by atoms with E-state index in [1.807, 2.05) is 0 Å². The van der Waals surface area contributed by atoms with Gasteiger partial charge in [0.25, 0.3) is 5.91 Å². The van der Waals surface area contributed by atoms with Crippen LogP contribution in [0.1, 0.15) is 23.2 Å². The number of nitrogens with two attached hydrogens (primary N) is 1. The lowest BCUT2D eigenvalue weighted by Gasteiger charge is -2.30. The largest absolute Gasteiger partial charge is 0.337 e. The summed E-state index contributed by atoms with van der Waals surface area (Å²) in [4.78, 5) is 13.8. The minimum atomic E-state index is -0.503. The average Bonchev–Trinajstić information content (AvgIpc) is 2.32. The molecule has 0 aliphatic carbocycles. The molecule has 0 aromatic heterocycles. The van der Waals surface area contributed by atoms with E-state index in [9.17, 15) is 9.18 Å². The lowest BCUT2D eigenvalue weighted by molar-refractivity contribution is 0.0704. The van der Waals surface area contributed by atoms with Crippen molar-refractivity contribution in [1.82, 2.24) is 4.90 Å². The summed E-state index contributed by atoms with van der Waals surface area (Å²) >= 11 is 3.08. The summed E-state index contributed by atoms with van der Waals surface area (Å²) in [6, 6.07) is 4.74. The van der Waals surface area contributed by atoms with E-state index in [1.165, 1.54) is 6.07 Å². The van der Waals surface area contributed by atoms with E-state index in [-0.39, 0.29) is 17.5 Å². The summed E-state index contributed by atoms with van der Waals surface area (Å²) in [7, 11) is 0. The van der Waals surface area contributed by atoms with Gasteiger partial charge in [-0.2, -0.15) is 0 Å². The van der Waals surface area contributed by atoms with Crippen molar-refractivity contribution in [2.45, 2.75) is 18.9 Å². The number of carbonyl (C=O) groups excluding carboxylic acids is 1. The molecule has 1 atom stereocenters. The molecule has 3 nitrogen and oxygen atoms in total. The molecule has 1 heterocycles. The Morgan fingerprint density at radius 2 is 2.29 bits per heavy atom. The molecule has 1 fully saturated rings. The van der Waals surface area contributed by atoms with Gasteiger partial charge in [-0.3, -0.25) is 4.79 Å². The van der Waals surface area contributed by atoms with E-state index >= 15 is 0 Å². The lowest BCUT2D eigenvalue weighted by atomic mass is 10.1. The van der Waals surface area contributed by atoms with Crippen LogP contribution in [0.3, 0.4) is 0 Å². The van der Waals surface area contributed by atoms with Crippen LogP contribution in [0.2, 0.25) is 0 Å². The molecule has 92 valence electrons. The number of hydrogen-bond acceptors (Lipinski definition) is 2. The maximum absolute atomic E-state index is 13.8. The van der Waals surface area contributed by atoms with Crippen molar-refractivity contribution in [3.8, 4) is 0 Å². The third-order valence-corrected chi connectivity index (χ3v) is 3.54. The number of nitrogens with zero attached hydrogens (tertiary/aromatic N) is 1. The molecule has 17 heavy (non-hydrogen) atoms. The molecule has 5 heteroatoms. The fourth-order valence-electron chi connectivity index (χ4n) is 2.03. The summed E-state index contributed by atoms with van der Waals surface area (Å²) in [5, 5.41) is 0. The van der Waals surface area contributed by atoms with E-state index < -0.39 is 5.82 Å². The zero-order chi connectivity index (χ0) is 12.4. The van der Waals surface area contributed by atoms with E-state index in [1.54, 1.807) is 17.0 Å². The maximum atomic E-state index is 13.8. The highest BCUT2D eigenvalue weighted by Gasteiger charge is 2.24. The Kier molecular flexibility index (Phi) is 3.79. The third-order valence-electron chi connectivity index (χ3n) is 2.93.